The molecule has 1 rings (SSSR count). The minimum Gasteiger partial charge on any atom is -0.298 e. The number of hydrogen-bond acceptors (Lipinski definition) is 1. The predicted molar refractivity (Wildman–Crippen MR) is 42.4 cm³/mol. The average molecular weight is 174 g/mol. The van der Waals surface area contributed by atoms with Crippen molar-refractivity contribution in [2.45, 2.75) is 19.3 Å². The molecule has 0 aromatic heterocycles. The lowest BCUT2D eigenvalue weighted by molar-refractivity contribution is -0.105. The Balaban J connectivity index is 2.71. The molecule has 0 spiro atoms. The van der Waals surface area contributed by atoms with E-state index in [-0.39, 0.29) is 6.42 Å². The maximum absolute atomic E-state index is 12.5. The van der Waals surface area contributed by atoms with E-state index >= 15 is 0 Å². The van der Waals surface area contributed by atoms with Crippen molar-refractivity contribution in [2.24, 2.45) is 5.41 Å². The molecule has 0 saturated carbocycles. The van der Waals surface area contributed by atoms with Gasteiger partial charge in [-0.15, -0.1) is 0 Å². The number of rotatable bonds is 3. The molecule has 0 unspecified atom stereocenters. The van der Waals surface area contributed by atoms with Gasteiger partial charge in [0, 0.05) is 5.41 Å². The molecule has 0 saturated heterocycles. The van der Waals surface area contributed by atoms with Crippen LogP contribution in [0.1, 0.15) is 19.3 Å². The van der Waals surface area contributed by atoms with Crippen LogP contribution in [-0.4, -0.2) is 19.6 Å². The molecule has 3 heteroatoms. The fraction of sp³-hybridized carbons (Fsp3) is 0.667. The molecule has 1 aliphatic rings. The van der Waals surface area contributed by atoms with E-state index in [1.54, 1.807) is 6.08 Å². The quantitative estimate of drug-likeness (QED) is 0.599. The highest BCUT2D eigenvalue weighted by molar-refractivity contribution is 5.73. The smallest absolute Gasteiger partial charge is 0.145 e. The van der Waals surface area contributed by atoms with E-state index in [0.717, 1.165) is 0 Å². The molecule has 0 aromatic rings. The zero-order valence-corrected chi connectivity index (χ0v) is 6.85. The van der Waals surface area contributed by atoms with Crippen LogP contribution in [0.4, 0.5) is 8.78 Å². The van der Waals surface area contributed by atoms with Crippen molar-refractivity contribution >= 4 is 6.29 Å². The average Bonchev–Trinajstić information content (AvgIpc) is 2.18. The summed E-state index contributed by atoms with van der Waals surface area (Å²) in [5.41, 5.74) is -0.359. The second-order valence-corrected chi connectivity index (χ2v) is 3.38. The van der Waals surface area contributed by atoms with E-state index in [2.05, 4.69) is 0 Å². The van der Waals surface area contributed by atoms with Crippen molar-refractivity contribution in [3.8, 4) is 0 Å². The Hall–Kier alpha value is -0.730. The molecule has 0 bridgehead atoms. The highest BCUT2D eigenvalue weighted by Gasteiger charge is 2.33. The molecule has 0 radical (unpaired) electrons. The van der Waals surface area contributed by atoms with E-state index in [1.807, 2.05) is 0 Å². The lowest BCUT2D eigenvalue weighted by atomic mass is 9.76. The highest BCUT2D eigenvalue weighted by Crippen LogP contribution is 2.36. The van der Waals surface area contributed by atoms with E-state index in [1.165, 1.54) is 0 Å². The van der Waals surface area contributed by atoms with E-state index in [4.69, 9.17) is 0 Å². The number of aldehydes is 1. The standard InChI is InChI=1S/C9H12F2O/c10-6-9(7-11)3-1-2-8(4-9)5-12/h2,5H,1,3-4,6-7H2. The maximum atomic E-state index is 12.5. The molecule has 0 fully saturated rings. The summed E-state index contributed by atoms with van der Waals surface area (Å²) in [6.45, 7) is -1.34. The first-order chi connectivity index (χ1) is 5.76. The van der Waals surface area contributed by atoms with Gasteiger partial charge in [0.25, 0.3) is 0 Å². The predicted octanol–water partition coefficient (Wildman–Crippen LogP) is 2.22. The van der Waals surface area contributed by atoms with Crippen molar-refractivity contribution in [2.75, 3.05) is 13.3 Å². The third-order valence-corrected chi connectivity index (χ3v) is 2.38. The second kappa shape index (κ2) is 3.78. The summed E-state index contributed by atoms with van der Waals surface area (Å²) in [4.78, 5) is 10.4. The van der Waals surface area contributed by atoms with Crippen molar-refractivity contribution in [3.05, 3.63) is 11.6 Å². The topological polar surface area (TPSA) is 17.1 Å². The van der Waals surface area contributed by atoms with Crippen LogP contribution in [0.2, 0.25) is 0 Å². The Morgan fingerprint density at radius 1 is 1.50 bits per heavy atom. The number of carbonyl (C=O) groups is 1. The summed E-state index contributed by atoms with van der Waals surface area (Å²) >= 11 is 0. The number of hydrogen-bond donors (Lipinski definition) is 0. The van der Waals surface area contributed by atoms with Crippen LogP contribution in [0.15, 0.2) is 11.6 Å². The molecule has 1 aliphatic carbocycles. The van der Waals surface area contributed by atoms with Crippen LogP contribution >= 0.6 is 0 Å². The molecule has 12 heavy (non-hydrogen) atoms. The van der Waals surface area contributed by atoms with E-state index < -0.39 is 18.8 Å². The van der Waals surface area contributed by atoms with Crippen LogP contribution < -0.4 is 0 Å². The third-order valence-electron chi connectivity index (χ3n) is 2.38. The largest absolute Gasteiger partial charge is 0.298 e. The molecule has 0 aliphatic heterocycles. The van der Waals surface area contributed by atoms with Gasteiger partial charge < -0.3 is 0 Å². The number of alkyl halides is 2. The first-order valence-corrected chi connectivity index (χ1v) is 4.02. The highest BCUT2D eigenvalue weighted by atomic mass is 19.1. The van der Waals surface area contributed by atoms with Gasteiger partial charge in [0.2, 0.25) is 0 Å². The Morgan fingerprint density at radius 3 is 2.67 bits per heavy atom. The summed E-state index contributed by atoms with van der Waals surface area (Å²) in [6, 6.07) is 0. The van der Waals surface area contributed by atoms with Crippen LogP contribution in [-0.2, 0) is 4.79 Å². The molecule has 0 N–H and O–H groups in total. The van der Waals surface area contributed by atoms with Gasteiger partial charge in [0.05, 0.1) is 13.3 Å². The number of halogens is 2. The Bertz CT molecular complexity index is 195. The van der Waals surface area contributed by atoms with Gasteiger partial charge in [0.15, 0.2) is 0 Å². The van der Waals surface area contributed by atoms with Crippen LogP contribution in [0.5, 0.6) is 0 Å². The maximum Gasteiger partial charge on any atom is 0.145 e. The van der Waals surface area contributed by atoms with Crippen molar-refractivity contribution in [1.29, 1.82) is 0 Å². The van der Waals surface area contributed by atoms with Gasteiger partial charge in [-0.05, 0) is 24.8 Å². The lowest BCUT2D eigenvalue weighted by Gasteiger charge is -2.30. The van der Waals surface area contributed by atoms with Gasteiger partial charge in [-0.3, -0.25) is 13.6 Å². The van der Waals surface area contributed by atoms with Crippen LogP contribution in [0, 0.1) is 5.41 Å². The molecule has 0 atom stereocenters. The molecule has 0 heterocycles. The first kappa shape index (κ1) is 9.36. The molecule has 1 nitrogen and oxygen atoms in total. The molecule has 0 amide bonds. The first-order valence-electron chi connectivity index (χ1n) is 4.02. The molecule has 68 valence electrons. The minimum absolute atomic E-state index is 0.253. The zero-order chi connectivity index (χ0) is 9.03. The zero-order valence-electron chi connectivity index (χ0n) is 6.85. The van der Waals surface area contributed by atoms with Gasteiger partial charge in [-0.2, -0.15) is 0 Å². The number of carbonyl (C=O) groups excluding carboxylic acids is 1. The van der Waals surface area contributed by atoms with E-state index in [9.17, 15) is 13.6 Å². The Morgan fingerprint density at radius 2 is 2.17 bits per heavy atom. The minimum atomic E-state index is -0.898. The summed E-state index contributed by atoms with van der Waals surface area (Å²) < 4.78 is 24.9. The number of allylic oxidation sites excluding steroid dienone is 2. The molecular weight excluding hydrogens is 162 g/mol. The van der Waals surface area contributed by atoms with Gasteiger partial charge in [-0.25, -0.2) is 0 Å². The summed E-state index contributed by atoms with van der Waals surface area (Å²) in [7, 11) is 0. The van der Waals surface area contributed by atoms with Crippen molar-refractivity contribution in [3.63, 3.8) is 0 Å². The summed E-state index contributed by atoms with van der Waals surface area (Å²) in [5, 5.41) is 0. The van der Waals surface area contributed by atoms with E-state index in [0.29, 0.717) is 24.7 Å². The second-order valence-electron chi connectivity index (χ2n) is 3.38. The van der Waals surface area contributed by atoms with Crippen LogP contribution in [0.3, 0.4) is 0 Å². The lowest BCUT2D eigenvalue weighted by Crippen LogP contribution is -2.29. The van der Waals surface area contributed by atoms with Gasteiger partial charge in [0.1, 0.15) is 6.29 Å². The van der Waals surface area contributed by atoms with Crippen molar-refractivity contribution < 1.29 is 13.6 Å². The van der Waals surface area contributed by atoms with Gasteiger partial charge in [-0.1, -0.05) is 6.08 Å². The van der Waals surface area contributed by atoms with Crippen LogP contribution in [0.25, 0.3) is 0 Å². The summed E-state index contributed by atoms with van der Waals surface area (Å²) in [5.74, 6) is 0. The van der Waals surface area contributed by atoms with Crippen molar-refractivity contribution in [1.82, 2.24) is 0 Å². The fourth-order valence-corrected chi connectivity index (χ4v) is 1.51. The Kier molecular flexibility index (Phi) is 2.95. The molecular formula is C9H12F2O. The molecule has 0 aromatic carbocycles. The monoisotopic (exact) mass is 174 g/mol. The fourth-order valence-electron chi connectivity index (χ4n) is 1.51. The third kappa shape index (κ3) is 1.71. The SMILES string of the molecule is O=CC1=CCCC(CF)(CF)C1. The Labute approximate surface area is 70.5 Å². The van der Waals surface area contributed by atoms with Gasteiger partial charge >= 0.3 is 0 Å². The normalized spacial score (nSPS) is 21.7. The summed E-state index contributed by atoms with van der Waals surface area (Å²) in [6.07, 6.45) is 3.83.